The lowest BCUT2D eigenvalue weighted by atomic mass is 10.2. The zero-order chi connectivity index (χ0) is 21.0. The monoisotopic (exact) mass is 416 g/mol. The zero-order valence-corrected chi connectivity index (χ0v) is 17.7. The van der Waals surface area contributed by atoms with Gasteiger partial charge < -0.3 is 19.5 Å². The van der Waals surface area contributed by atoms with Gasteiger partial charge in [-0.25, -0.2) is 0 Å². The molecular formula is C21H24N2O5S. The molecule has 2 aromatic rings. The molecular weight excluding hydrogens is 392 g/mol. The summed E-state index contributed by atoms with van der Waals surface area (Å²) in [6.07, 6.45) is 0.0249. The SMILES string of the molecule is COc1ccc(NC2=C(c3cccs3)C(=O)N(CCOC(C)C)C2=O)cc1OC. The van der Waals surface area contributed by atoms with Crippen LogP contribution in [0.1, 0.15) is 18.7 Å². The van der Waals surface area contributed by atoms with Gasteiger partial charge in [0.2, 0.25) is 0 Å². The first-order chi connectivity index (χ1) is 14.0. The number of benzene rings is 1. The van der Waals surface area contributed by atoms with Crippen LogP contribution in [0.15, 0.2) is 41.4 Å². The van der Waals surface area contributed by atoms with Crippen LogP contribution in [0.5, 0.6) is 11.5 Å². The summed E-state index contributed by atoms with van der Waals surface area (Å²) in [5.41, 5.74) is 1.23. The van der Waals surface area contributed by atoms with Gasteiger partial charge in [-0.3, -0.25) is 14.5 Å². The highest BCUT2D eigenvalue weighted by atomic mass is 32.1. The molecule has 2 amide bonds. The molecule has 0 spiro atoms. The van der Waals surface area contributed by atoms with E-state index >= 15 is 0 Å². The second kappa shape index (κ2) is 9.11. The fourth-order valence-electron chi connectivity index (χ4n) is 2.98. The number of imide groups is 1. The van der Waals surface area contributed by atoms with Crippen molar-refractivity contribution in [2.75, 3.05) is 32.7 Å². The Morgan fingerprint density at radius 1 is 1.07 bits per heavy atom. The molecule has 1 aliphatic heterocycles. The predicted octanol–water partition coefficient (Wildman–Crippen LogP) is 3.38. The Bertz CT molecular complexity index is 921. The van der Waals surface area contributed by atoms with E-state index in [4.69, 9.17) is 14.2 Å². The Labute approximate surface area is 173 Å². The van der Waals surface area contributed by atoms with E-state index in [1.807, 2.05) is 31.4 Å². The lowest BCUT2D eigenvalue weighted by Crippen LogP contribution is -2.35. The summed E-state index contributed by atoms with van der Waals surface area (Å²) in [6.45, 7) is 4.30. The van der Waals surface area contributed by atoms with Gasteiger partial charge >= 0.3 is 0 Å². The summed E-state index contributed by atoms with van der Waals surface area (Å²) in [5.74, 6) is 0.398. The molecule has 1 N–H and O–H groups in total. The van der Waals surface area contributed by atoms with E-state index < -0.39 is 0 Å². The topological polar surface area (TPSA) is 77.1 Å². The molecule has 0 atom stereocenters. The molecule has 8 heteroatoms. The number of anilines is 1. The third kappa shape index (κ3) is 4.44. The van der Waals surface area contributed by atoms with Gasteiger partial charge in [-0.2, -0.15) is 0 Å². The molecule has 154 valence electrons. The minimum absolute atomic E-state index is 0.0249. The summed E-state index contributed by atoms with van der Waals surface area (Å²) in [5, 5.41) is 4.99. The molecule has 3 rings (SSSR count). The summed E-state index contributed by atoms with van der Waals surface area (Å²) in [7, 11) is 3.09. The fourth-order valence-corrected chi connectivity index (χ4v) is 3.75. The number of carbonyl (C=O) groups is 2. The average Bonchev–Trinajstić information content (AvgIpc) is 3.30. The van der Waals surface area contributed by atoms with Crippen LogP contribution in [0.3, 0.4) is 0 Å². The number of carbonyl (C=O) groups excluding carboxylic acids is 2. The van der Waals surface area contributed by atoms with Gasteiger partial charge in [0.1, 0.15) is 5.70 Å². The first-order valence-corrected chi connectivity index (χ1v) is 10.1. The molecule has 0 saturated heterocycles. The van der Waals surface area contributed by atoms with E-state index in [1.165, 1.54) is 16.2 Å². The van der Waals surface area contributed by atoms with Crippen molar-refractivity contribution in [3.05, 3.63) is 46.3 Å². The molecule has 0 bridgehead atoms. The third-order valence-electron chi connectivity index (χ3n) is 4.35. The van der Waals surface area contributed by atoms with Gasteiger partial charge in [-0.15, -0.1) is 11.3 Å². The van der Waals surface area contributed by atoms with Crippen LogP contribution in [0.2, 0.25) is 0 Å². The molecule has 1 aromatic carbocycles. The van der Waals surface area contributed by atoms with Crippen LogP contribution >= 0.6 is 11.3 Å². The van der Waals surface area contributed by atoms with E-state index in [1.54, 1.807) is 32.4 Å². The molecule has 2 heterocycles. The van der Waals surface area contributed by atoms with Gasteiger partial charge in [0.05, 0.1) is 39.0 Å². The van der Waals surface area contributed by atoms with E-state index in [9.17, 15) is 9.59 Å². The van der Waals surface area contributed by atoms with E-state index in [-0.39, 0.29) is 36.8 Å². The van der Waals surface area contributed by atoms with Crippen molar-refractivity contribution in [3.8, 4) is 11.5 Å². The van der Waals surface area contributed by atoms with Crippen molar-refractivity contribution in [2.24, 2.45) is 0 Å². The summed E-state index contributed by atoms with van der Waals surface area (Å²) < 4.78 is 16.1. The number of nitrogens with one attached hydrogen (secondary N) is 1. The maximum Gasteiger partial charge on any atom is 0.278 e. The molecule has 0 saturated carbocycles. The summed E-state index contributed by atoms with van der Waals surface area (Å²) in [4.78, 5) is 28.0. The maximum absolute atomic E-state index is 13.1. The van der Waals surface area contributed by atoms with Crippen molar-refractivity contribution in [1.82, 2.24) is 4.90 Å². The first kappa shape index (κ1) is 20.9. The van der Waals surface area contributed by atoms with Gasteiger partial charge in [0, 0.05) is 16.6 Å². The van der Waals surface area contributed by atoms with Crippen molar-refractivity contribution in [2.45, 2.75) is 20.0 Å². The van der Waals surface area contributed by atoms with Crippen molar-refractivity contribution >= 4 is 34.4 Å². The van der Waals surface area contributed by atoms with E-state index in [0.717, 1.165) is 4.88 Å². The number of ether oxygens (including phenoxy) is 3. The second-order valence-corrected chi connectivity index (χ2v) is 7.55. The van der Waals surface area contributed by atoms with Crippen LogP contribution in [0.4, 0.5) is 5.69 Å². The number of hydrogen-bond donors (Lipinski definition) is 1. The van der Waals surface area contributed by atoms with Crippen molar-refractivity contribution < 1.29 is 23.8 Å². The largest absolute Gasteiger partial charge is 0.493 e. The Hall–Kier alpha value is -2.84. The average molecular weight is 416 g/mol. The Kier molecular flexibility index (Phi) is 6.56. The summed E-state index contributed by atoms with van der Waals surface area (Å²) >= 11 is 1.41. The van der Waals surface area contributed by atoms with Crippen molar-refractivity contribution in [3.63, 3.8) is 0 Å². The molecule has 1 aromatic heterocycles. The van der Waals surface area contributed by atoms with Crippen molar-refractivity contribution in [1.29, 1.82) is 0 Å². The summed E-state index contributed by atoms with van der Waals surface area (Å²) in [6, 6.07) is 8.91. The number of hydrogen-bond acceptors (Lipinski definition) is 7. The van der Waals surface area contributed by atoms with Gasteiger partial charge in [-0.05, 0) is 37.4 Å². The quantitative estimate of drug-likeness (QED) is 0.632. The van der Waals surface area contributed by atoms with Crippen LogP contribution in [0, 0.1) is 0 Å². The molecule has 1 aliphatic rings. The minimum atomic E-state index is -0.374. The highest BCUT2D eigenvalue weighted by Gasteiger charge is 2.39. The molecule has 0 aliphatic carbocycles. The Morgan fingerprint density at radius 3 is 2.45 bits per heavy atom. The number of methoxy groups -OCH3 is 2. The van der Waals surface area contributed by atoms with E-state index in [2.05, 4.69) is 5.32 Å². The number of rotatable bonds is 9. The maximum atomic E-state index is 13.1. The standard InChI is InChI=1S/C21H24N2O5S/c1-13(2)28-10-9-23-20(24)18(17-6-5-11-29-17)19(21(23)25)22-14-7-8-15(26-3)16(12-14)27-4/h5-8,11-13,22H,9-10H2,1-4H3. The molecule has 7 nitrogen and oxygen atoms in total. The highest BCUT2D eigenvalue weighted by molar-refractivity contribution is 7.11. The smallest absolute Gasteiger partial charge is 0.278 e. The van der Waals surface area contributed by atoms with E-state index in [0.29, 0.717) is 22.8 Å². The van der Waals surface area contributed by atoms with Gasteiger partial charge in [0.15, 0.2) is 11.5 Å². The van der Waals surface area contributed by atoms with Crippen LogP contribution in [-0.4, -0.2) is 50.2 Å². The number of nitrogens with zero attached hydrogens (tertiary/aromatic N) is 1. The molecule has 0 fully saturated rings. The van der Waals surface area contributed by atoms with Crippen LogP contribution in [-0.2, 0) is 14.3 Å². The fraction of sp³-hybridized carbons (Fsp3) is 0.333. The lowest BCUT2D eigenvalue weighted by Gasteiger charge is -2.16. The lowest BCUT2D eigenvalue weighted by molar-refractivity contribution is -0.137. The minimum Gasteiger partial charge on any atom is -0.493 e. The third-order valence-corrected chi connectivity index (χ3v) is 5.24. The molecule has 0 unspecified atom stereocenters. The number of thiophene rings is 1. The molecule has 0 radical (unpaired) electrons. The van der Waals surface area contributed by atoms with Gasteiger partial charge in [0.25, 0.3) is 11.8 Å². The van der Waals surface area contributed by atoms with Crippen LogP contribution < -0.4 is 14.8 Å². The second-order valence-electron chi connectivity index (χ2n) is 6.60. The zero-order valence-electron chi connectivity index (χ0n) is 16.9. The Morgan fingerprint density at radius 2 is 1.83 bits per heavy atom. The Balaban J connectivity index is 1.92. The normalized spacial score (nSPS) is 14.2. The first-order valence-electron chi connectivity index (χ1n) is 9.21. The molecule has 29 heavy (non-hydrogen) atoms. The number of amides is 2. The predicted molar refractivity (Wildman–Crippen MR) is 112 cm³/mol. The van der Waals surface area contributed by atoms with Crippen LogP contribution in [0.25, 0.3) is 5.57 Å². The van der Waals surface area contributed by atoms with Gasteiger partial charge in [-0.1, -0.05) is 6.07 Å². The highest BCUT2D eigenvalue weighted by Crippen LogP contribution is 2.35.